The number of rotatable bonds is 5. The van der Waals surface area contributed by atoms with Gasteiger partial charge in [0.25, 0.3) is 5.91 Å². The molecular formula is C12H18N2O3S. The molecule has 6 heteroatoms. The Hall–Kier alpha value is -1.56. The van der Waals surface area contributed by atoms with Gasteiger partial charge in [-0.2, -0.15) is 0 Å². The molecule has 1 rings (SSSR count). The summed E-state index contributed by atoms with van der Waals surface area (Å²) in [7, 11) is 0.575. The maximum atomic E-state index is 11.9. The lowest BCUT2D eigenvalue weighted by atomic mass is 10.1. The number of carbonyl (C=O) groups is 1. The van der Waals surface area contributed by atoms with Crippen molar-refractivity contribution < 1.29 is 13.7 Å². The minimum Gasteiger partial charge on any atom is -0.497 e. The minimum atomic E-state index is -0.960. The SMILES string of the molecule is COc1ccc(C(=O)NCC(C)S(C)=O)c(N)c1. The van der Waals surface area contributed by atoms with Crippen molar-refractivity contribution >= 4 is 22.4 Å². The van der Waals surface area contributed by atoms with Gasteiger partial charge in [-0.1, -0.05) is 0 Å². The van der Waals surface area contributed by atoms with Gasteiger partial charge < -0.3 is 15.8 Å². The molecule has 3 N–H and O–H groups in total. The summed E-state index contributed by atoms with van der Waals surface area (Å²) < 4.78 is 16.2. The zero-order valence-electron chi connectivity index (χ0n) is 10.7. The molecule has 0 saturated carbocycles. The summed E-state index contributed by atoms with van der Waals surface area (Å²) in [4.78, 5) is 11.9. The van der Waals surface area contributed by atoms with Crippen molar-refractivity contribution in [2.24, 2.45) is 0 Å². The number of hydrogen-bond donors (Lipinski definition) is 2. The van der Waals surface area contributed by atoms with Crippen LogP contribution in [0.5, 0.6) is 5.75 Å². The Morgan fingerprint density at radius 3 is 2.72 bits per heavy atom. The summed E-state index contributed by atoms with van der Waals surface area (Å²) in [5, 5.41) is 2.62. The molecule has 18 heavy (non-hydrogen) atoms. The zero-order chi connectivity index (χ0) is 13.7. The van der Waals surface area contributed by atoms with Gasteiger partial charge in [-0.15, -0.1) is 0 Å². The number of nitrogens with one attached hydrogen (secondary N) is 1. The van der Waals surface area contributed by atoms with Crippen LogP contribution in [0.25, 0.3) is 0 Å². The Balaban J connectivity index is 2.70. The summed E-state index contributed by atoms with van der Waals surface area (Å²) in [5.74, 6) is 0.333. The van der Waals surface area contributed by atoms with Crippen LogP contribution in [0.15, 0.2) is 18.2 Å². The number of amides is 1. The Morgan fingerprint density at radius 1 is 1.56 bits per heavy atom. The highest BCUT2D eigenvalue weighted by molar-refractivity contribution is 7.84. The molecule has 5 nitrogen and oxygen atoms in total. The third-order valence-electron chi connectivity index (χ3n) is 2.62. The van der Waals surface area contributed by atoms with E-state index in [4.69, 9.17) is 10.5 Å². The molecule has 2 unspecified atom stereocenters. The molecule has 0 aliphatic carbocycles. The lowest BCUT2D eigenvalue weighted by Gasteiger charge is -2.11. The van der Waals surface area contributed by atoms with Gasteiger partial charge in [0.15, 0.2) is 0 Å². The first-order valence-electron chi connectivity index (χ1n) is 5.49. The van der Waals surface area contributed by atoms with Crippen LogP contribution < -0.4 is 15.8 Å². The van der Waals surface area contributed by atoms with E-state index in [0.717, 1.165) is 0 Å². The third-order valence-corrected chi connectivity index (χ3v) is 3.92. The van der Waals surface area contributed by atoms with Crippen LogP contribution >= 0.6 is 0 Å². The van der Waals surface area contributed by atoms with Crippen LogP contribution in [-0.4, -0.2) is 35.3 Å². The van der Waals surface area contributed by atoms with Gasteiger partial charge >= 0.3 is 0 Å². The smallest absolute Gasteiger partial charge is 0.253 e. The predicted molar refractivity (Wildman–Crippen MR) is 73.3 cm³/mol. The molecule has 100 valence electrons. The van der Waals surface area contributed by atoms with Crippen LogP contribution in [0, 0.1) is 0 Å². The highest BCUT2D eigenvalue weighted by atomic mass is 32.2. The molecule has 0 aromatic heterocycles. The lowest BCUT2D eigenvalue weighted by molar-refractivity contribution is 0.0955. The fourth-order valence-corrected chi connectivity index (χ4v) is 1.64. The fraction of sp³-hybridized carbons (Fsp3) is 0.417. The largest absolute Gasteiger partial charge is 0.497 e. The molecule has 1 aromatic carbocycles. The van der Waals surface area contributed by atoms with Crippen molar-refractivity contribution in [1.82, 2.24) is 5.32 Å². The van der Waals surface area contributed by atoms with Crippen LogP contribution in [-0.2, 0) is 10.8 Å². The van der Waals surface area contributed by atoms with E-state index >= 15 is 0 Å². The third kappa shape index (κ3) is 3.73. The first-order chi connectivity index (χ1) is 8.45. The average Bonchev–Trinajstić information content (AvgIpc) is 2.34. The van der Waals surface area contributed by atoms with Crippen LogP contribution in [0.2, 0.25) is 0 Å². The van der Waals surface area contributed by atoms with E-state index in [1.807, 2.05) is 6.92 Å². The molecule has 0 spiro atoms. The van der Waals surface area contributed by atoms with E-state index in [-0.39, 0.29) is 11.2 Å². The Bertz CT molecular complexity index is 463. The first-order valence-corrected chi connectivity index (χ1v) is 7.11. The predicted octanol–water partition coefficient (Wildman–Crippen LogP) is 0.774. The maximum absolute atomic E-state index is 11.9. The highest BCUT2D eigenvalue weighted by Crippen LogP contribution is 2.19. The van der Waals surface area contributed by atoms with E-state index in [9.17, 15) is 9.00 Å². The van der Waals surface area contributed by atoms with E-state index in [1.54, 1.807) is 24.5 Å². The highest BCUT2D eigenvalue weighted by Gasteiger charge is 2.12. The monoisotopic (exact) mass is 270 g/mol. The van der Waals surface area contributed by atoms with Gasteiger partial charge in [0, 0.05) is 40.6 Å². The van der Waals surface area contributed by atoms with Crippen molar-refractivity contribution in [3.63, 3.8) is 0 Å². The van der Waals surface area contributed by atoms with E-state index in [0.29, 0.717) is 23.5 Å². The van der Waals surface area contributed by atoms with Crippen LogP contribution in [0.4, 0.5) is 5.69 Å². The van der Waals surface area contributed by atoms with Crippen molar-refractivity contribution in [2.45, 2.75) is 12.2 Å². The molecule has 1 aromatic rings. The first kappa shape index (κ1) is 14.5. The van der Waals surface area contributed by atoms with Gasteiger partial charge in [-0.25, -0.2) is 0 Å². The Labute approximate surface area is 109 Å². The molecule has 0 bridgehead atoms. The standard InChI is InChI=1S/C12H18N2O3S/c1-8(18(3)16)7-14-12(15)10-5-4-9(17-2)6-11(10)13/h4-6,8H,7,13H2,1-3H3,(H,14,15). The van der Waals surface area contributed by atoms with Gasteiger partial charge in [0.1, 0.15) is 5.75 Å². The van der Waals surface area contributed by atoms with Gasteiger partial charge in [-0.05, 0) is 19.1 Å². The van der Waals surface area contributed by atoms with E-state index < -0.39 is 10.8 Å². The number of nitrogen functional groups attached to an aromatic ring is 1. The molecule has 2 atom stereocenters. The Morgan fingerprint density at radius 2 is 2.22 bits per heavy atom. The summed E-state index contributed by atoms with van der Waals surface area (Å²) >= 11 is 0. The summed E-state index contributed by atoms with van der Waals surface area (Å²) in [5.41, 5.74) is 6.52. The molecular weight excluding hydrogens is 252 g/mol. The molecule has 0 fully saturated rings. The number of nitrogens with two attached hydrogens (primary N) is 1. The van der Waals surface area contributed by atoms with Gasteiger partial charge in [0.2, 0.25) is 0 Å². The second kappa shape index (κ2) is 6.39. The Kier molecular flexibility index (Phi) is 5.15. The van der Waals surface area contributed by atoms with E-state index in [2.05, 4.69) is 5.32 Å². The second-order valence-electron chi connectivity index (χ2n) is 3.97. The van der Waals surface area contributed by atoms with Crippen molar-refractivity contribution in [2.75, 3.05) is 25.6 Å². The topological polar surface area (TPSA) is 81.4 Å². The zero-order valence-corrected chi connectivity index (χ0v) is 11.5. The molecule has 0 saturated heterocycles. The number of methoxy groups -OCH3 is 1. The molecule has 0 aliphatic rings. The maximum Gasteiger partial charge on any atom is 0.253 e. The molecule has 1 amide bonds. The molecule has 0 aliphatic heterocycles. The quantitative estimate of drug-likeness (QED) is 0.775. The number of ether oxygens (including phenoxy) is 1. The number of benzene rings is 1. The number of anilines is 1. The van der Waals surface area contributed by atoms with Gasteiger partial charge in [0.05, 0.1) is 12.7 Å². The second-order valence-corrected chi connectivity index (χ2v) is 5.77. The van der Waals surface area contributed by atoms with E-state index in [1.165, 1.54) is 7.11 Å². The average molecular weight is 270 g/mol. The molecule has 0 heterocycles. The van der Waals surface area contributed by atoms with Crippen LogP contribution in [0.3, 0.4) is 0 Å². The summed E-state index contributed by atoms with van der Waals surface area (Å²) in [6.45, 7) is 2.17. The molecule has 0 radical (unpaired) electrons. The van der Waals surface area contributed by atoms with Crippen molar-refractivity contribution in [3.8, 4) is 5.75 Å². The summed E-state index contributed by atoms with van der Waals surface area (Å²) in [6.07, 6.45) is 1.61. The lowest BCUT2D eigenvalue weighted by Crippen LogP contribution is -2.32. The number of hydrogen-bond acceptors (Lipinski definition) is 4. The van der Waals surface area contributed by atoms with Crippen molar-refractivity contribution in [3.05, 3.63) is 23.8 Å². The van der Waals surface area contributed by atoms with Crippen LogP contribution in [0.1, 0.15) is 17.3 Å². The van der Waals surface area contributed by atoms with Crippen molar-refractivity contribution in [1.29, 1.82) is 0 Å². The summed E-state index contributed by atoms with van der Waals surface area (Å²) in [6, 6.07) is 4.88. The number of carbonyl (C=O) groups excluding carboxylic acids is 1. The minimum absolute atomic E-state index is 0.0894. The van der Waals surface area contributed by atoms with Gasteiger partial charge in [-0.3, -0.25) is 9.00 Å². The fourth-order valence-electron chi connectivity index (χ4n) is 1.32. The normalized spacial score (nSPS) is 13.7.